The standard InChI is InChI=1S/C19H14N.C13H9.C7H9Si.2ClH.Zr/c1-13-9-14-6-4-7-17(18(14)10-13)16-11-15-5-2-3-8-19(15)20-12-16;1-3-7-12-10(5-1)9-11-6-2-4-8-13(11)12;1-8-7-5-3-2-4-6-7;;;/h2-12H,1H3;1-5,7-8H,9H2;2-6,8H,1H3;2*1H;/q;;;;;+2/p-2. The van der Waals surface area contributed by atoms with Crippen LogP contribution in [0.4, 0.5) is 0 Å². The summed E-state index contributed by atoms with van der Waals surface area (Å²) in [5, 5.41) is 2.48. The molecule has 5 aromatic carbocycles. The molecule has 2 atom stereocenters. The van der Waals surface area contributed by atoms with Crippen molar-refractivity contribution in [3.8, 4) is 22.3 Å². The van der Waals surface area contributed by atoms with Crippen LogP contribution in [0.5, 0.6) is 0 Å². The molecular weight excluding hydrogens is 673 g/mol. The second-order valence-electron chi connectivity index (χ2n) is 12.5. The minimum absolute atomic E-state index is 0.0137. The van der Waals surface area contributed by atoms with Crippen molar-refractivity contribution in [2.45, 2.75) is 23.5 Å². The van der Waals surface area contributed by atoms with Crippen LogP contribution in [0, 0.1) is 0 Å². The fourth-order valence-electron chi connectivity index (χ4n) is 8.02. The second-order valence-corrected chi connectivity index (χ2v) is 51.6. The third-order valence-corrected chi connectivity index (χ3v) is 55.9. The van der Waals surface area contributed by atoms with E-state index in [-0.39, 0.29) is 3.63 Å². The number of hydrogen-bond acceptors (Lipinski definition) is 1. The Morgan fingerprint density at radius 2 is 1.45 bits per heavy atom. The summed E-state index contributed by atoms with van der Waals surface area (Å²) in [6, 6.07) is 43.7. The van der Waals surface area contributed by atoms with E-state index in [9.17, 15) is 0 Å². The monoisotopic (exact) mass is 702 g/mol. The predicted molar refractivity (Wildman–Crippen MR) is 189 cm³/mol. The number of halogens is 2. The van der Waals surface area contributed by atoms with Crippen LogP contribution in [0.1, 0.15) is 32.8 Å². The normalized spacial score (nSPS) is 16.9. The number of hydrogen-bond donors (Lipinski definition) is 0. The summed E-state index contributed by atoms with van der Waals surface area (Å²) in [6.45, 7) is 4.68. The van der Waals surface area contributed by atoms with Crippen LogP contribution < -0.4 is 8.46 Å². The number of allylic oxidation sites excluding steroid dienone is 1. The van der Waals surface area contributed by atoms with Crippen molar-refractivity contribution in [2.75, 3.05) is 0 Å². The Morgan fingerprint density at radius 3 is 2.32 bits per heavy atom. The van der Waals surface area contributed by atoms with Gasteiger partial charge in [-0.2, -0.15) is 0 Å². The third-order valence-electron chi connectivity index (χ3n) is 10.2. The van der Waals surface area contributed by atoms with Crippen molar-refractivity contribution < 1.29 is 15.6 Å². The summed E-state index contributed by atoms with van der Waals surface area (Å²) < 4.78 is 1.25. The molecule has 1 nitrogen and oxygen atoms in total. The van der Waals surface area contributed by atoms with Gasteiger partial charge in [-0.1, -0.05) is 0 Å². The van der Waals surface area contributed by atoms with Crippen molar-refractivity contribution in [3.05, 3.63) is 155 Å². The van der Waals surface area contributed by atoms with Gasteiger partial charge in [0.1, 0.15) is 0 Å². The Hall–Kier alpha value is -3.07. The van der Waals surface area contributed by atoms with Gasteiger partial charge in [0.15, 0.2) is 0 Å². The summed E-state index contributed by atoms with van der Waals surface area (Å²) in [5.41, 5.74) is 12.4. The summed E-state index contributed by atoms with van der Waals surface area (Å²) in [5.74, 6) is -1.95. The van der Waals surface area contributed by atoms with E-state index in [2.05, 4.69) is 135 Å². The molecule has 0 spiro atoms. The molecule has 8 rings (SSSR count). The topological polar surface area (TPSA) is 12.9 Å². The maximum absolute atomic E-state index is 8.62. The molecule has 2 aliphatic rings. The summed E-state index contributed by atoms with van der Waals surface area (Å²) in [6.07, 6.45) is 5.25. The van der Waals surface area contributed by atoms with Crippen molar-refractivity contribution in [1.82, 2.24) is 4.98 Å². The quantitative estimate of drug-likeness (QED) is 0.163. The SMILES string of the molecule is CC1=Cc2c(-c3cnc4ccccc4c3)cccc2[CH]1[Zr]([Cl])([Cl])([c]1cccc2c1Cc1ccccc1-2)[SiH](C)c1ccccc1. The second kappa shape index (κ2) is 10.5. The first-order valence-electron chi connectivity index (χ1n) is 15.3. The first kappa shape index (κ1) is 28.4. The molecular formula is C39H32Cl2NSiZr. The molecule has 0 bridgehead atoms. The van der Waals surface area contributed by atoms with Crippen molar-refractivity contribution >= 4 is 48.4 Å². The van der Waals surface area contributed by atoms with E-state index in [1.807, 2.05) is 12.3 Å². The molecule has 2 aliphatic carbocycles. The fourth-order valence-corrected chi connectivity index (χ4v) is 45.7. The van der Waals surface area contributed by atoms with Crippen molar-refractivity contribution in [3.63, 3.8) is 0 Å². The van der Waals surface area contributed by atoms with Crippen LogP contribution in [0.2, 0.25) is 6.55 Å². The van der Waals surface area contributed by atoms with E-state index in [1.165, 1.54) is 53.0 Å². The van der Waals surface area contributed by atoms with Crippen LogP contribution >= 0.6 is 17.0 Å². The zero-order chi connectivity index (χ0) is 30.1. The van der Waals surface area contributed by atoms with Gasteiger partial charge in [-0.05, 0) is 0 Å². The average molecular weight is 705 g/mol. The van der Waals surface area contributed by atoms with Gasteiger partial charge in [0.25, 0.3) is 0 Å². The van der Waals surface area contributed by atoms with E-state index in [0.29, 0.717) is 0 Å². The Bertz CT molecular complexity index is 2140. The van der Waals surface area contributed by atoms with E-state index in [0.717, 1.165) is 22.9 Å². The number of para-hydroxylation sites is 1. The van der Waals surface area contributed by atoms with Gasteiger partial charge in [0.05, 0.1) is 0 Å². The first-order valence-corrected chi connectivity index (χ1v) is 30.9. The van der Waals surface area contributed by atoms with Gasteiger partial charge in [-0.25, -0.2) is 0 Å². The molecule has 6 aromatic rings. The number of nitrogens with zero attached hydrogens (tertiary/aromatic N) is 1. The van der Waals surface area contributed by atoms with Crippen LogP contribution in [-0.2, 0) is 22.0 Å². The van der Waals surface area contributed by atoms with Gasteiger partial charge in [-0.15, -0.1) is 0 Å². The molecule has 1 aromatic heterocycles. The van der Waals surface area contributed by atoms with Crippen LogP contribution in [0.15, 0.2) is 133 Å². The summed E-state index contributed by atoms with van der Waals surface area (Å²) in [7, 11) is 17.2. The van der Waals surface area contributed by atoms with Gasteiger partial charge in [-0.3, -0.25) is 0 Å². The maximum atomic E-state index is 8.62. The molecule has 0 fully saturated rings. The van der Waals surface area contributed by atoms with E-state index in [4.69, 9.17) is 22.0 Å². The third kappa shape index (κ3) is 4.17. The first-order chi connectivity index (χ1) is 21.3. The van der Waals surface area contributed by atoms with Gasteiger partial charge >= 0.3 is 270 Å². The fraction of sp³-hybridized carbons (Fsp3) is 0.103. The zero-order valence-electron chi connectivity index (χ0n) is 24.8. The molecule has 0 saturated carbocycles. The zero-order valence-corrected chi connectivity index (χ0v) is 29.9. The predicted octanol–water partition coefficient (Wildman–Crippen LogP) is 9.51. The molecule has 2 unspecified atom stereocenters. The average Bonchev–Trinajstić information content (AvgIpc) is 3.62. The molecule has 0 aliphatic heterocycles. The molecule has 5 heteroatoms. The molecule has 0 saturated heterocycles. The Balaban J connectivity index is 1.37. The van der Waals surface area contributed by atoms with E-state index < -0.39 is 21.5 Å². The molecule has 0 amide bonds. The number of rotatable bonds is 5. The van der Waals surface area contributed by atoms with Crippen molar-refractivity contribution in [1.29, 1.82) is 0 Å². The van der Waals surface area contributed by atoms with Gasteiger partial charge in [0.2, 0.25) is 0 Å². The number of benzene rings is 5. The number of aromatic nitrogens is 1. The molecule has 1 heterocycles. The Kier molecular flexibility index (Phi) is 6.78. The molecule has 0 N–H and O–H groups in total. The minimum atomic E-state index is -5.03. The molecule has 0 radical (unpaired) electrons. The Morgan fingerprint density at radius 1 is 0.750 bits per heavy atom. The van der Waals surface area contributed by atoms with Gasteiger partial charge < -0.3 is 0 Å². The number of pyridine rings is 1. The number of fused-ring (bicyclic) bond motifs is 5. The molecule has 44 heavy (non-hydrogen) atoms. The molecule has 215 valence electrons. The summed E-state index contributed by atoms with van der Waals surface area (Å²) in [4.78, 5) is 4.81. The van der Waals surface area contributed by atoms with Crippen LogP contribution in [0.25, 0.3) is 39.2 Å². The van der Waals surface area contributed by atoms with Crippen LogP contribution in [0.3, 0.4) is 0 Å². The Labute approximate surface area is 268 Å². The summed E-state index contributed by atoms with van der Waals surface area (Å²) >= 11 is -5.03. The van der Waals surface area contributed by atoms with E-state index >= 15 is 0 Å². The van der Waals surface area contributed by atoms with E-state index in [1.54, 1.807) is 0 Å². The van der Waals surface area contributed by atoms with Gasteiger partial charge in [0, 0.05) is 0 Å². The van der Waals surface area contributed by atoms with Crippen molar-refractivity contribution in [2.24, 2.45) is 0 Å². The van der Waals surface area contributed by atoms with Crippen LogP contribution in [-0.4, -0.2) is 10.9 Å².